The lowest BCUT2D eigenvalue weighted by Gasteiger charge is -2.12. The molecule has 0 spiro atoms. The molecular weight excluding hydrogens is 354 g/mol. The molecule has 0 heterocycles. The van der Waals surface area contributed by atoms with Crippen molar-refractivity contribution in [3.63, 3.8) is 0 Å². The summed E-state index contributed by atoms with van der Waals surface area (Å²) in [6, 6.07) is 12.1. The van der Waals surface area contributed by atoms with E-state index in [0.717, 1.165) is 16.5 Å². The summed E-state index contributed by atoms with van der Waals surface area (Å²) in [5.41, 5.74) is 6.04. The third-order valence-corrected chi connectivity index (χ3v) is 4.58. The van der Waals surface area contributed by atoms with Gasteiger partial charge in [0.2, 0.25) is 0 Å². The van der Waals surface area contributed by atoms with Gasteiger partial charge in [-0.05, 0) is 49.1 Å². The van der Waals surface area contributed by atoms with Crippen molar-refractivity contribution in [3.05, 3.63) is 68.7 Å². The molecule has 0 fully saturated rings. The largest absolute Gasteiger partial charge is 0.449 e. The number of hydrogen-bond acceptors (Lipinski definition) is 2. The second kappa shape index (κ2) is 8.16. The van der Waals surface area contributed by atoms with Gasteiger partial charge in [0.05, 0.1) is 6.61 Å². The Hall–Kier alpha value is -1.81. The predicted octanol–water partition coefficient (Wildman–Crippen LogP) is 4.84. The van der Waals surface area contributed by atoms with Crippen LogP contribution in [0.3, 0.4) is 0 Å². The summed E-state index contributed by atoms with van der Waals surface area (Å²) in [7, 11) is 0. The van der Waals surface area contributed by atoms with E-state index in [1.807, 2.05) is 24.3 Å². The van der Waals surface area contributed by atoms with Crippen molar-refractivity contribution in [1.82, 2.24) is 5.32 Å². The molecule has 0 bridgehead atoms. The van der Waals surface area contributed by atoms with Gasteiger partial charge >= 0.3 is 6.09 Å². The Balaban J connectivity index is 1.80. The number of nitrogens with one attached hydrogen (secondary N) is 1. The molecule has 0 radical (unpaired) electrons. The van der Waals surface area contributed by atoms with Crippen LogP contribution in [0.25, 0.3) is 0 Å². The van der Waals surface area contributed by atoms with E-state index in [2.05, 4.69) is 54.2 Å². The maximum absolute atomic E-state index is 11.8. The Labute approximate surface area is 146 Å². The van der Waals surface area contributed by atoms with Crippen molar-refractivity contribution in [1.29, 1.82) is 0 Å². The number of ether oxygens (including phenoxy) is 1. The lowest BCUT2D eigenvalue weighted by molar-refractivity contribution is 0.147. The van der Waals surface area contributed by atoms with Gasteiger partial charge < -0.3 is 10.1 Å². The van der Waals surface area contributed by atoms with Crippen molar-refractivity contribution in [2.24, 2.45) is 0 Å². The number of carbonyl (C=O) groups is 1. The number of rotatable bonds is 5. The van der Waals surface area contributed by atoms with E-state index in [9.17, 15) is 4.79 Å². The Morgan fingerprint density at radius 1 is 1.13 bits per heavy atom. The lowest BCUT2D eigenvalue weighted by atomic mass is 9.98. The zero-order valence-electron chi connectivity index (χ0n) is 13.8. The van der Waals surface area contributed by atoms with E-state index in [0.29, 0.717) is 13.2 Å². The van der Waals surface area contributed by atoms with Gasteiger partial charge in [0.1, 0.15) is 0 Å². The minimum atomic E-state index is -0.386. The molecule has 2 aromatic carbocycles. The fraction of sp³-hybridized carbons (Fsp3) is 0.316. The SMILES string of the molecule is Cc1cc(C)c(CCOC(=O)NCc2ccccc2Br)c(C)c1. The molecular formula is C19H22BrNO2. The number of benzene rings is 2. The summed E-state index contributed by atoms with van der Waals surface area (Å²) < 4.78 is 6.26. The number of amides is 1. The maximum Gasteiger partial charge on any atom is 0.407 e. The van der Waals surface area contributed by atoms with E-state index in [1.54, 1.807) is 0 Å². The molecule has 3 nitrogen and oxygen atoms in total. The normalized spacial score (nSPS) is 10.4. The minimum Gasteiger partial charge on any atom is -0.449 e. The van der Waals surface area contributed by atoms with Gasteiger partial charge in [-0.3, -0.25) is 0 Å². The summed E-state index contributed by atoms with van der Waals surface area (Å²) in [4.78, 5) is 11.8. The highest BCUT2D eigenvalue weighted by Gasteiger charge is 2.07. The molecule has 0 atom stereocenters. The van der Waals surface area contributed by atoms with Crippen LogP contribution < -0.4 is 5.32 Å². The summed E-state index contributed by atoms with van der Waals surface area (Å²) in [5.74, 6) is 0. The van der Waals surface area contributed by atoms with Crippen LogP contribution in [0.15, 0.2) is 40.9 Å². The van der Waals surface area contributed by atoms with Crippen LogP contribution in [-0.2, 0) is 17.7 Å². The molecule has 23 heavy (non-hydrogen) atoms. The average molecular weight is 376 g/mol. The summed E-state index contributed by atoms with van der Waals surface area (Å²) >= 11 is 3.46. The fourth-order valence-corrected chi connectivity index (χ4v) is 3.14. The van der Waals surface area contributed by atoms with E-state index < -0.39 is 0 Å². The van der Waals surface area contributed by atoms with E-state index in [4.69, 9.17) is 4.74 Å². The van der Waals surface area contributed by atoms with Crippen LogP contribution in [0.5, 0.6) is 0 Å². The molecule has 1 N–H and O–H groups in total. The van der Waals surface area contributed by atoms with Crippen molar-refractivity contribution >= 4 is 22.0 Å². The first-order valence-electron chi connectivity index (χ1n) is 7.68. The maximum atomic E-state index is 11.8. The summed E-state index contributed by atoms with van der Waals surface area (Å²) in [6.45, 7) is 7.12. The topological polar surface area (TPSA) is 38.3 Å². The minimum absolute atomic E-state index is 0.381. The highest BCUT2D eigenvalue weighted by atomic mass is 79.9. The quantitative estimate of drug-likeness (QED) is 0.811. The van der Waals surface area contributed by atoms with E-state index in [-0.39, 0.29) is 6.09 Å². The zero-order valence-corrected chi connectivity index (χ0v) is 15.4. The van der Waals surface area contributed by atoms with Crippen LogP contribution in [0.1, 0.15) is 27.8 Å². The second-order valence-corrected chi connectivity index (χ2v) is 6.56. The first-order chi connectivity index (χ1) is 11.0. The van der Waals surface area contributed by atoms with Gasteiger partial charge in [-0.2, -0.15) is 0 Å². The van der Waals surface area contributed by atoms with Crippen LogP contribution in [-0.4, -0.2) is 12.7 Å². The molecule has 0 aliphatic carbocycles. The van der Waals surface area contributed by atoms with Gasteiger partial charge in [-0.1, -0.05) is 51.8 Å². The molecule has 2 aromatic rings. The summed E-state index contributed by atoms with van der Waals surface area (Å²) in [6.07, 6.45) is 0.351. The van der Waals surface area contributed by atoms with Gasteiger partial charge in [0.15, 0.2) is 0 Å². The number of carbonyl (C=O) groups excluding carboxylic acids is 1. The number of aryl methyl sites for hydroxylation is 3. The van der Waals surface area contributed by atoms with Gasteiger partial charge in [0.25, 0.3) is 0 Å². The molecule has 0 saturated carbocycles. The molecule has 1 amide bonds. The molecule has 0 unspecified atom stereocenters. The molecule has 0 aliphatic rings. The van der Waals surface area contributed by atoms with E-state index in [1.165, 1.54) is 22.3 Å². The molecule has 0 aromatic heterocycles. The zero-order chi connectivity index (χ0) is 16.8. The smallest absolute Gasteiger partial charge is 0.407 e. The second-order valence-electron chi connectivity index (χ2n) is 5.71. The first kappa shape index (κ1) is 17.5. The third kappa shape index (κ3) is 5.10. The van der Waals surface area contributed by atoms with E-state index >= 15 is 0 Å². The number of hydrogen-bond donors (Lipinski definition) is 1. The van der Waals surface area contributed by atoms with Crippen molar-refractivity contribution in [3.8, 4) is 0 Å². The van der Waals surface area contributed by atoms with Crippen molar-refractivity contribution in [2.75, 3.05) is 6.61 Å². The molecule has 4 heteroatoms. The van der Waals surface area contributed by atoms with Crippen molar-refractivity contribution in [2.45, 2.75) is 33.7 Å². The predicted molar refractivity (Wildman–Crippen MR) is 96.7 cm³/mol. The number of halogens is 1. The van der Waals surface area contributed by atoms with Crippen LogP contribution in [0.2, 0.25) is 0 Å². The van der Waals surface area contributed by atoms with Gasteiger partial charge in [-0.25, -0.2) is 4.79 Å². The molecule has 0 saturated heterocycles. The fourth-order valence-electron chi connectivity index (χ4n) is 2.71. The molecule has 2 rings (SSSR count). The van der Waals surface area contributed by atoms with Crippen LogP contribution in [0.4, 0.5) is 4.79 Å². The standard InChI is InChI=1S/C19H22BrNO2/c1-13-10-14(2)17(15(3)11-13)8-9-23-19(22)21-12-16-6-4-5-7-18(16)20/h4-7,10-11H,8-9,12H2,1-3H3,(H,21,22). The monoisotopic (exact) mass is 375 g/mol. The Morgan fingerprint density at radius 3 is 2.43 bits per heavy atom. The Morgan fingerprint density at radius 2 is 1.78 bits per heavy atom. The lowest BCUT2D eigenvalue weighted by Crippen LogP contribution is -2.24. The highest BCUT2D eigenvalue weighted by molar-refractivity contribution is 9.10. The Kier molecular flexibility index (Phi) is 6.22. The highest BCUT2D eigenvalue weighted by Crippen LogP contribution is 2.17. The number of alkyl carbamates (subject to hydrolysis) is 1. The third-order valence-electron chi connectivity index (χ3n) is 3.81. The van der Waals surface area contributed by atoms with Crippen molar-refractivity contribution < 1.29 is 9.53 Å². The van der Waals surface area contributed by atoms with Crippen LogP contribution in [0, 0.1) is 20.8 Å². The van der Waals surface area contributed by atoms with Gasteiger partial charge in [-0.15, -0.1) is 0 Å². The average Bonchev–Trinajstić information content (AvgIpc) is 2.49. The first-order valence-corrected chi connectivity index (χ1v) is 8.47. The summed E-state index contributed by atoms with van der Waals surface area (Å²) in [5, 5.41) is 2.77. The van der Waals surface area contributed by atoms with Crippen LogP contribution >= 0.6 is 15.9 Å². The molecule has 122 valence electrons. The molecule has 0 aliphatic heterocycles. The van der Waals surface area contributed by atoms with Gasteiger partial charge in [0, 0.05) is 17.4 Å². The Bertz CT molecular complexity index is 675.